The summed E-state index contributed by atoms with van der Waals surface area (Å²) in [6.07, 6.45) is 5.32. The number of likely N-dealkylation sites (N-methyl/N-ethyl adjacent to an activating group) is 1. The zero-order chi connectivity index (χ0) is 30.6. The van der Waals surface area contributed by atoms with E-state index in [1.54, 1.807) is 0 Å². The number of likely N-dealkylation sites (tertiary alicyclic amines) is 1. The van der Waals surface area contributed by atoms with E-state index >= 15 is 0 Å². The molecule has 0 bridgehead atoms. The molecule has 0 saturated carbocycles. The maximum atomic E-state index is 6.44. The highest BCUT2D eigenvalue weighted by molar-refractivity contribution is 6.47. The molecule has 0 spiro atoms. The van der Waals surface area contributed by atoms with Crippen molar-refractivity contribution in [1.82, 2.24) is 14.9 Å². The summed E-state index contributed by atoms with van der Waals surface area (Å²) in [5.41, 5.74) is 4.36. The van der Waals surface area contributed by atoms with Crippen LogP contribution in [0, 0.1) is 6.92 Å². The van der Waals surface area contributed by atoms with Gasteiger partial charge in [0.15, 0.2) is 0 Å². The fraction of sp³-hybridized carbons (Fsp3) is 0.600. The lowest BCUT2D eigenvalue weighted by atomic mass is 9.67. The zero-order valence-electron chi connectivity index (χ0n) is 27.4. The summed E-state index contributed by atoms with van der Waals surface area (Å²) in [7, 11) is 2.04. The Morgan fingerprint density at radius 2 is 1.64 bits per heavy atom. The molecule has 0 radical (unpaired) electrons. The Balaban J connectivity index is 1.15. The van der Waals surface area contributed by atoms with Gasteiger partial charge in [0.1, 0.15) is 12.4 Å². The molecule has 4 aliphatic rings. The minimum absolute atomic E-state index is 0.151. The van der Waals surface area contributed by atoms with E-state index in [9.17, 15) is 0 Å². The average molecular weight is 598 g/mol. The fourth-order valence-corrected chi connectivity index (χ4v) is 7.51. The Morgan fingerprint density at radius 1 is 0.909 bits per heavy atom. The molecule has 0 unspecified atom stereocenters. The summed E-state index contributed by atoms with van der Waals surface area (Å²) in [5.74, 6) is 1.44. The van der Waals surface area contributed by atoms with Gasteiger partial charge in [-0.25, -0.2) is 0 Å². The van der Waals surface area contributed by atoms with Crippen LogP contribution in [0.2, 0.25) is 5.82 Å². The van der Waals surface area contributed by atoms with Crippen molar-refractivity contribution in [2.75, 3.05) is 49.6 Å². The van der Waals surface area contributed by atoms with Crippen LogP contribution >= 0.6 is 0 Å². The van der Waals surface area contributed by atoms with Gasteiger partial charge in [-0.05, 0) is 103 Å². The summed E-state index contributed by atoms with van der Waals surface area (Å²) >= 11 is 0. The second kappa shape index (κ2) is 11.5. The van der Waals surface area contributed by atoms with Crippen molar-refractivity contribution in [3.05, 3.63) is 53.2 Å². The standard InChI is InChI=1S/C35H48BN5O3/c1-24-10-7-11-25-12-8-14-30(31(24)25)41-21-17-28-29(22-41)37-33(42-23-27-13-9-18-39(27)6)38-32(28)40-19-15-26(16-20-40)36-43-34(2,3)35(4,5)44-36/h7-8,10-12,14,26-27H,9,13,15-23H2,1-6H3/t27-/m0/s1. The van der Waals surface area contributed by atoms with E-state index in [4.69, 9.17) is 24.0 Å². The number of hydrogen-bond donors (Lipinski definition) is 0. The molecule has 3 fully saturated rings. The largest absolute Gasteiger partial charge is 0.462 e. The molecule has 0 amide bonds. The Hall–Kier alpha value is -2.88. The van der Waals surface area contributed by atoms with E-state index in [0.29, 0.717) is 24.5 Å². The van der Waals surface area contributed by atoms with Crippen LogP contribution in [0.4, 0.5) is 11.5 Å². The first-order valence-corrected chi connectivity index (χ1v) is 16.7. The number of nitrogens with zero attached hydrogens (tertiary/aromatic N) is 5. The van der Waals surface area contributed by atoms with Crippen molar-refractivity contribution in [3.63, 3.8) is 0 Å². The Morgan fingerprint density at radius 3 is 2.34 bits per heavy atom. The minimum Gasteiger partial charge on any atom is -0.462 e. The summed E-state index contributed by atoms with van der Waals surface area (Å²) in [6, 6.07) is 14.2. The number of hydrogen-bond acceptors (Lipinski definition) is 8. The van der Waals surface area contributed by atoms with Gasteiger partial charge in [-0.15, -0.1) is 0 Å². The molecule has 2 aromatic carbocycles. The molecule has 5 heterocycles. The third kappa shape index (κ3) is 5.45. The minimum atomic E-state index is -0.297. The predicted octanol–water partition coefficient (Wildman–Crippen LogP) is 6.04. The molecule has 7 rings (SSSR count). The van der Waals surface area contributed by atoms with Crippen LogP contribution in [0.3, 0.4) is 0 Å². The SMILES string of the molecule is Cc1cccc2cccc(N3CCc4c(nc(OC[C@@H]5CCCN5C)nc4N4CCC(B5OC(C)(C)C(C)(C)O5)CC4)C3)c12. The Bertz CT molecular complexity index is 1500. The number of aryl methyl sites for hydroxylation is 1. The molecule has 1 aromatic heterocycles. The molecule has 3 saturated heterocycles. The van der Waals surface area contributed by atoms with Gasteiger partial charge in [0, 0.05) is 42.3 Å². The van der Waals surface area contributed by atoms with Crippen molar-refractivity contribution in [1.29, 1.82) is 0 Å². The molecule has 234 valence electrons. The highest BCUT2D eigenvalue weighted by Crippen LogP contribution is 2.43. The van der Waals surface area contributed by atoms with E-state index in [2.05, 4.69) is 92.8 Å². The fourth-order valence-electron chi connectivity index (χ4n) is 7.51. The third-order valence-electron chi connectivity index (χ3n) is 11.0. The van der Waals surface area contributed by atoms with E-state index in [0.717, 1.165) is 69.9 Å². The first-order chi connectivity index (χ1) is 21.1. The van der Waals surface area contributed by atoms with E-state index in [1.807, 2.05) is 0 Å². The summed E-state index contributed by atoms with van der Waals surface area (Å²) < 4.78 is 19.3. The van der Waals surface area contributed by atoms with Crippen molar-refractivity contribution >= 4 is 29.4 Å². The van der Waals surface area contributed by atoms with Gasteiger partial charge in [0.2, 0.25) is 0 Å². The zero-order valence-corrected chi connectivity index (χ0v) is 27.4. The quantitative estimate of drug-likeness (QED) is 0.319. The van der Waals surface area contributed by atoms with Crippen LogP contribution in [0.5, 0.6) is 6.01 Å². The maximum absolute atomic E-state index is 6.44. The number of benzene rings is 2. The topological polar surface area (TPSA) is 63.2 Å². The first kappa shape index (κ1) is 29.8. The van der Waals surface area contributed by atoms with Gasteiger partial charge in [-0.3, -0.25) is 0 Å². The molecule has 4 aliphatic heterocycles. The van der Waals surface area contributed by atoms with Gasteiger partial charge < -0.3 is 28.7 Å². The molecule has 0 N–H and O–H groups in total. The summed E-state index contributed by atoms with van der Waals surface area (Å²) in [5, 5.41) is 2.62. The second-order valence-corrected chi connectivity index (χ2v) is 14.4. The molecule has 3 aromatic rings. The number of ether oxygens (including phenoxy) is 1. The van der Waals surface area contributed by atoms with Gasteiger partial charge in [0.05, 0.1) is 23.4 Å². The number of anilines is 2. The van der Waals surface area contributed by atoms with Crippen LogP contribution in [-0.2, 0) is 22.3 Å². The molecular weight excluding hydrogens is 549 g/mol. The molecule has 8 nitrogen and oxygen atoms in total. The van der Waals surface area contributed by atoms with Crippen molar-refractivity contribution in [3.8, 4) is 6.01 Å². The Labute approximate surface area is 263 Å². The van der Waals surface area contributed by atoms with E-state index in [1.165, 1.54) is 34.0 Å². The lowest BCUT2D eigenvalue weighted by Gasteiger charge is -2.37. The highest BCUT2D eigenvalue weighted by atomic mass is 16.7. The number of fused-ring (bicyclic) bond motifs is 2. The lowest BCUT2D eigenvalue weighted by molar-refractivity contribution is 0.00578. The smallest absolute Gasteiger partial charge is 0.461 e. The van der Waals surface area contributed by atoms with Crippen LogP contribution in [0.15, 0.2) is 36.4 Å². The van der Waals surface area contributed by atoms with Crippen molar-refractivity contribution in [2.45, 2.75) is 96.3 Å². The van der Waals surface area contributed by atoms with Crippen LogP contribution in [0.1, 0.15) is 70.2 Å². The monoisotopic (exact) mass is 597 g/mol. The molecular formula is C35H48BN5O3. The number of rotatable bonds is 6. The number of piperidine rings is 1. The number of aromatic nitrogens is 2. The van der Waals surface area contributed by atoms with Crippen LogP contribution < -0.4 is 14.5 Å². The summed E-state index contributed by atoms with van der Waals surface area (Å²) in [6.45, 7) is 16.1. The molecule has 0 aliphatic carbocycles. The lowest BCUT2D eigenvalue weighted by Crippen LogP contribution is -2.41. The summed E-state index contributed by atoms with van der Waals surface area (Å²) in [4.78, 5) is 17.6. The van der Waals surface area contributed by atoms with Crippen molar-refractivity contribution < 1.29 is 14.0 Å². The maximum Gasteiger partial charge on any atom is 0.461 e. The normalized spacial score (nSPS) is 23.9. The van der Waals surface area contributed by atoms with Crippen LogP contribution in [0.25, 0.3) is 10.8 Å². The molecule has 9 heteroatoms. The van der Waals surface area contributed by atoms with Gasteiger partial charge >= 0.3 is 13.1 Å². The molecule has 44 heavy (non-hydrogen) atoms. The van der Waals surface area contributed by atoms with E-state index < -0.39 is 0 Å². The third-order valence-corrected chi connectivity index (χ3v) is 11.0. The second-order valence-electron chi connectivity index (χ2n) is 14.4. The average Bonchev–Trinajstić information content (AvgIpc) is 3.52. The molecule has 1 atom stereocenters. The van der Waals surface area contributed by atoms with E-state index in [-0.39, 0.29) is 18.3 Å². The van der Waals surface area contributed by atoms with Gasteiger partial charge in [-0.1, -0.05) is 30.3 Å². The highest BCUT2D eigenvalue weighted by Gasteiger charge is 2.54. The van der Waals surface area contributed by atoms with Crippen LogP contribution in [-0.4, -0.2) is 79.1 Å². The predicted molar refractivity (Wildman–Crippen MR) is 178 cm³/mol. The van der Waals surface area contributed by atoms with Gasteiger partial charge in [-0.2, -0.15) is 9.97 Å². The first-order valence-electron chi connectivity index (χ1n) is 16.7. The van der Waals surface area contributed by atoms with Gasteiger partial charge in [0.25, 0.3) is 0 Å². The Kier molecular flexibility index (Phi) is 7.78. The van der Waals surface area contributed by atoms with Crippen molar-refractivity contribution in [2.24, 2.45) is 0 Å².